The van der Waals surface area contributed by atoms with Gasteiger partial charge in [-0.2, -0.15) is 14.6 Å². The number of nitrogens with two attached hydrogens (primary N) is 1. The number of carbonyl (C=O) groups excluding carboxylic acids is 2. The third-order valence-electron chi connectivity index (χ3n) is 4.36. The van der Waals surface area contributed by atoms with Gasteiger partial charge in [-0.1, -0.05) is 6.92 Å². The highest BCUT2D eigenvalue weighted by Gasteiger charge is 2.27. The van der Waals surface area contributed by atoms with Gasteiger partial charge < -0.3 is 11.1 Å². The van der Waals surface area contributed by atoms with Gasteiger partial charge in [0.05, 0.1) is 0 Å². The predicted octanol–water partition coefficient (Wildman–Crippen LogP) is 0.852. The molecule has 1 aliphatic rings. The van der Waals surface area contributed by atoms with Crippen molar-refractivity contribution in [3.63, 3.8) is 0 Å². The molecule has 9 nitrogen and oxygen atoms in total. The number of hydrogen-bond acceptors (Lipinski definition) is 6. The van der Waals surface area contributed by atoms with E-state index in [1.54, 1.807) is 4.52 Å². The third kappa shape index (κ3) is 3.44. The van der Waals surface area contributed by atoms with Crippen molar-refractivity contribution in [1.82, 2.24) is 24.9 Å². The zero-order valence-corrected chi connectivity index (χ0v) is 13.5. The Morgan fingerprint density at radius 3 is 2.75 bits per heavy atom. The molecule has 3 rings (SSSR count). The summed E-state index contributed by atoms with van der Waals surface area (Å²) in [4.78, 5) is 31.2. The minimum atomic E-state index is -0.794. The van der Waals surface area contributed by atoms with E-state index >= 15 is 0 Å². The fraction of sp³-hybridized carbons (Fsp3) is 0.533. The smallest absolute Gasteiger partial charge is 0.318 e. The van der Waals surface area contributed by atoms with Crippen LogP contribution in [0.4, 0.5) is 10.6 Å². The van der Waals surface area contributed by atoms with Crippen LogP contribution in [0.25, 0.3) is 5.78 Å². The number of imide groups is 1. The number of carbonyl (C=O) groups is 2. The van der Waals surface area contributed by atoms with E-state index < -0.39 is 6.03 Å². The first-order valence-electron chi connectivity index (χ1n) is 8.13. The van der Waals surface area contributed by atoms with E-state index in [2.05, 4.69) is 25.7 Å². The molecule has 0 aliphatic heterocycles. The van der Waals surface area contributed by atoms with Crippen LogP contribution >= 0.6 is 0 Å². The molecule has 0 bridgehead atoms. The Labute approximate surface area is 139 Å². The van der Waals surface area contributed by atoms with Crippen LogP contribution in [0.15, 0.2) is 12.4 Å². The van der Waals surface area contributed by atoms with Crippen molar-refractivity contribution in [1.29, 1.82) is 0 Å². The van der Waals surface area contributed by atoms with Crippen molar-refractivity contribution in [3.8, 4) is 0 Å². The molecule has 0 radical (unpaired) electrons. The van der Waals surface area contributed by atoms with Gasteiger partial charge >= 0.3 is 6.03 Å². The van der Waals surface area contributed by atoms with Gasteiger partial charge in [-0.05, 0) is 32.1 Å². The lowest BCUT2D eigenvalue weighted by atomic mass is 9.85. The number of hydrogen-bond donors (Lipinski definition) is 3. The summed E-state index contributed by atoms with van der Waals surface area (Å²) in [6.07, 6.45) is 5.38. The van der Waals surface area contributed by atoms with Crippen molar-refractivity contribution in [2.45, 2.75) is 45.1 Å². The molecule has 1 aliphatic carbocycles. The molecule has 1 fully saturated rings. The van der Waals surface area contributed by atoms with Crippen LogP contribution in [-0.2, 0) is 11.2 Å². The minimum absolute atomic E-state index is 0.161. The van der Waals surface area contributed by atoms with Gasteiger partial charge in [0.1, 0.15) is 12.1 Å². The lowest BCUT2D eigenvalue weighted by Gasteiger charge is -2.28. The summed E-state index contributed by atoms with van der Waals surface area (Å²) in [7, 11) is 0. The molecule has 128 valence electrons. The number of nitrogens with one attached hydrogen (secondary N) is 2. The highest BCUT2D eigenvalue weighted by Crippen LogP contribution is 2.27. The molecule has 3 amide bonds. The van der Waals surface area contributed by atoms with Crippen molar-refractivity contribution >= 4 is 23.5 Å². The normalized spacial score (nSPS) is 20.7. The summed E-state index contributed by atoms with van der Waals surface area (Å²) in [6, 6.07) is 1.42. The Hall–Kier alpha value is -2.71. The van der Waals surface area contributed by atoms with E-state index in [0.717, 1.165) is 30.8 Å². The molecule has 0 saturated heterocycles. The molecule has 2 heterocycles. The number of amides is 3. The molecule has 24 heavy (non-hydrogen) atoms. The second kappa shape index (κ2) is 6.81. The second-order valence-electron chi connectivity index (χ2n) is 6.00. The molecule has 2 aromatic heterocycles. The van der Waals surface area contributed by atoms with Gasteiger partial charge in [0.15, 0.2) is 0 Å². The molecule has 0 aromatic carbocycles. The largest absolute Gasteiger partial charge is 0.367 e. The Bertz CT molecular complexity index is 749. The lowest BCUT2D eigenvalue weighted by molar-refractivity contribution is -0.124. The number of anilines is 1. The number of fused-ring (bicyclic) bond motifs is 1. The number of aryl methyl sites for hydroxylation is 1. The van der Waals surface area contributed by atoms with Gasteiger partial charge in [0.2, 0.25) is 5.91 Å². The summed E-state index contributed by atoms with van der Waals surface area (Å²) in [5.41, 5.74) is 5.95. The lowest BCUT2D eigenvalue weighted by Crippen LogP contribution is -2.41. The monoisotopic (exact) mass is 331 g/mol. The summed E-state index contributed by atoms with van der Waals surface area (Å²) in [5, 5.41) is 9.84. The van der Waals surface area contributed by atoms with Crippen molar-refractivity contribution < 1.29 is 9.59 Å². The first-order chi connectivity index (χ1) is 11.6. The van der Waals surface area contributed by atoms with E-state index in [-0.39, 0.29) is 17.9 Å². The van der Waals surface area contributed by atoms with Crippen LogP contribution in [0.3, 0.4) is 0 Å². The standard InChI is InChI=1S/C15H21N7O2/c1-2-10-7-12(22-15(20-10)17-8-18-22)19-11-5-3-9(4-6-11)13(23)21-14(16)24/h7-9,11,19H,2-6H2,1H3,(H3,16,21,23,24). The van der Waals surface area contributed by atoms with E-state index in [0.29, 0.717) is 18.6 Å². The van der Waals surface area contributed by atoms with Crippen molar-refractivity contribution in [3.05, 3.63) is 18.1 Å². The zero-order valence-electron chi connectivity index (χ0n) is 13.5. The van der Waals surface area contributed by atoms with E-state index in [4.69, 9.17) is 5.73 Å². The topological polar surface area (TPSA) is 127 Å². The quantitative estimate of drug-likeness (QED) is 0.762. The molecule has 1 saturated carbocycles. The average molecular weight is 331 g/mol. The maximum atomic E-state index is 11.8. The van der Waals surface area contributed by atoms with Gasteiger partial charge in [-0.3, -0.25) is 10.1 Å². The Kier molecular flexibility index (Phi) is 4.59. The molecule has 0 spiro atoms. The molecule has 2 aromatic rings. The number of rotatable bonds is 4. The van der Waals surface area contributed by atoms with E-state index in [1.807, 2.05) is 13.0 Å². The maximum absolute atomic E-state index is 11.8. The molecule has 0 atom stereocenters. The minimum Gasteiger partial charge on any atom is -0.367 e. The van der Waals surface area contributed by atoms with Gasteiger partial charge in [-0.15, -0.1) is 0 Å². The van der Waals surface area contributed by atoms with Crippen LogP contribution in [-0.4, -0.2) is 37.6 Å². The fourth-order valence-corrected chi connectivity index (χ4v) is 3.08. The highest BCUT2D eigenvalue weighted by molar-refractivity contribution is 5.94. The van der Waals surface area contributed by atoms with Crippen LogP contribution in [0.2, 0.25) is 0 Å². The summed E-state index contributed by atoms with van der Waals surface area (Å²) in [5.74, 6) is 0.994. The van der Waals surface area contributed by atoms with Crippen LogP contribution < -0.4 is 16.4 Å². The molecule has 0 unspecified atom stereocenters. The van der Waals surface area contributed by atoms with Gasteiger partial charge in [-0.25, -0.2) is 9.78 Å². The average Bonchev–Trinajstić information content (AvgIpc) is 3.03. The molecule has 9 heteroatoms. The van der Waals surface area contributed by atoms with E-state index in [9.17, 15) is 9.59 Å². The fourth-order valence-electron chi connectivity index (χ4n) is 3.08. The second-order valence-corrected chi connectivity index (χ2v) is 6.00. The van der Waals surface area contributed by atoms with Crippen molar-refractivity contribution in [2.75, 3.05) is 5.32 Å². The Morgan fingerprint density at radius 1 is 1.33 bits per heavy atom. The molecule has 4 N–H and O–H groups in total. The van der Waals surface area contributed by atoms with Gasteiger partial charge in [0.25, 0.3) is 5.78 Å². The maximum Gasteiger partial charge on any atom is 0.318 e. The first-order valence-corrected chi connectivity index (χ1v) is 8.13. The van der Waals surface area contributed by atoms with Crippen molar-refractivity contribution in [2.24, 2.45) is 11.7 Å². The molecular formula is C15H21N7O2. The number of primary amides is 1. The summed E-state index contributed by atoms with van der Waals surface area (Å²) >= 11 is 0. The zero-order chi connectivity index (χ0) is 17.1. The summed E-state index contributed by atoms with van der Waals surface area (Å²) in [6.45, 7) is 2.04. The van der Waals surface area contributed by atoms with Crippen LogP contribution in [0.5, 0.6) is 0 Å². The molecular weight excluding hydrogens is 310 g/mol. The Balaban J connectivity index is 1.65. The number of aromatic nitrogens is 4. The van der Waals surface area contributed by atoms with Gasteiger partial charge in [0, 0.05) is 23.7 Å². The first kappa shape index (κ1) is 16.2. The van der Waals surface area contributed by atoms with Crippen LogP contribution in [0.1, 0.15) is 38.3 Å². The third-order valence-corrected chi connectivity index (χ3v) is 4.36. The van der Waals surface area contributed by atoms with E-state index in [1.165, 1.54) is 6.33 Å². The Morgan fingerprint density at radius 2 is 2.08 bits per heavy atom. The number of urea groups is 1. The number of nitrogens with zero attached hydrogens (tertiary/aromatic N) is 4. The summed E-state index contributed by atoms with van der Waals surface area (Å²) < 4.78 is 1.69. The SMILES string of the molecule is CCc1cc(NC2CCC(C(=O)NC(N)=O)CC2)n2ncnc2n1. The van der Waals surface area contributed by atoms with Crippen LogP contribution in [0, 0.1) is 5.92 Å². The highest BCUT2D eigenvalue weighted by atomic mass is 16.2. The predicted molar refractivity (Wildman–Crippen MR) is 87.3 cm³/mol.